The topological polar surface area (TPSA) is 94.6 Å². The summed E-state index contributed by atoms with van der Waals surface area (Å²) < 4.78 is 68.0. The highest BCUT2D eigenvalue weighted by Crippen LogP contribution is 3.02. The number of anilines is 1. The second-order valence-corrected chi connectivity index (χ2v) is 13.0. The number of aliphatic hydroxyl groups is 1. The van der Waals surface area contributed by atoms with Crippen molar-refractivity contribution in [3.8, 4) is 0 Å². The van der Waals surface area contributed by atoms with E-state index < -0.39 is 60.9 Å². The van der Waals surface area contributed by atoms with Gasteiger partial charge in [-0.1, -0.05) is 68.0 Å². The van der Waals surface area contributed by atoms with Crippen LogP contribution in [0.1, 0.15) is 50.1 Å². The number of halogens is 7. The SMILES string of the molecule is O=C(NC1CCCCC1)C(c1cccnc1)N(C(=O)C1CC(O)CN1)c1c(Cl)cc(S(F)(F)(F)(F)F)cc1Cl. The number of amides is 2. The van der Waals surface area contributed by atoms with E-state index in [9.17, 15) is 34.1 Å². The smallest absolute Gasteiger partial charge is 0.310 e. The van der Waals surface area contributed by atoms with Crippen LogP contribution in [0.15, 0.2) is 41.6 Å². The van der Waals surface area contributed by atoms with Crippen LogP contribution in [-0.4, -0.2) is 46.6 Å². The molecule has 0 radical (unpaired) electrons. The summed E-state index contributed by atoms with van der Waals surface area (Å²) in [6, 6.07) is 0.187. The van der Waals surface area contributed by atoms with Gasteiger partial charge in [0.15, 0.2) is 0 Å². The minimum absolute atomic E-state index is 0.000865. The number of pyridine rings is 1. The molecule has 1 aliphatic carbocycles. The molecule has 2 aliphatic rings. The number of benzene rings is 1. The van der Waals surface area contributed by atoms with Gasteiger partial charge in [0.1, 0.15) is 10.9 Å². The van der Waals surface area contributed by atoms with Gasteiger partial charge in [-0.2, -0.15) is 0 Å². The van der Waals surface area contributed by atoms with E-state index >= 15 is 0 Å². The summed E-state index contributed by atoms with van der Waals surface area (Å²) in [4.78, 5) is 30.1. The maximum absolute atomic E-state index is 13.9. The van der Waals surface area contributed by atoms with E-state index in [2.05, 4.69) is 15.6 Å². The van der Waals surface area contributed by atoms with E-state index in [0.717, 1.165) is 24.2 Å². The lowest BCUT2D eigenvalue weighted by atomic mass is 9.94. The average Bonchev–Trinajstić information content (AvgIpc) is 3.28. The Labute approximate surface area is 231 Å². The molecule has 15 heteroatoms. The fraction of sp³-hybridized carbons (Fsp3) is 0.458. The lowest BCUT2D eigenvalue weighted by molar-refractivity contribution is -0.128. The highest BCUT2D eigenvalue weighted by Gasteiger charge is 2.65. The van der Waals surface area contributed by atoms with Gasteiger partial charge in [0.05, 0.1) is 27.9 Å². The first-order valence-corrected chi connectivity index (χ1v) is 14.9. The molecule has 0 bridgehead atoms. The third-order valence-electron chi connectivity index (χ3n) is 6.78. The van der Waals surface area contributed by atoms with Crippen LogP contribution < -0.4 is 15.5 Å². The Morgan fingerprint density at radius 3 is 2.26 bits per heavy atom. The van der Waals surface area contributed by atoms with Crippen molar-refractivity contribution in [2.75, 3.05) is 11.4 Å². The number of β-amino-alcohol motifs (C(OH)–C–C–N with tert-alkyl or cyclic N) is 1. The van der Waals surface area contributed by atoms with Crippen molar-refractivity contribution in [3.05, 3.63) is 52.3 Å². The Hall–Kier alpha value is -2.19. The number of rotatable bonds is 7. The number of aromatic nitrogens is 1. The molecule has 2 fully saturated rings. The van der Waals surface area contributed by atoms with Crippen LogP contribution in [0.25, 0.3) is 0 Å². The van der Waals surface area contributed by atoms with Gasteiger partial charge in [-0.05, 0) is 37.5 Å². The lowest BCUT2D eigenvalue weighted by Crippen LogP contribution is -2.51. The van der Waals surface area contributed by atoms with E-state index in [1.165, 1.54) is 24.5 Å². The van der Waals surface area contributed by atoms with Gasteiger partial charge in [-0.15, -0.1) is 0 Å². The van der Waals surface area contributed by atoms with E-state index in [1.54, 1.807) is 0 Å². The zero-order valence-electron chi connectivity index (χ0n) is 20.4. The zero-order chi connectivity index (χ0) is 28.7. The van der Waals surface area contributed by atoms with Crippen molar-refractivity contribution >= 4 is 50.9 Å². The van der Waals surface area contributed by atoms with Crippen molar-refractivity contribution < 1.29 is 34.1 Å². The van der Waals surface area contributed by atoms with Gasteiger partial charge >= 0.3 is 10.2 Å². The van der Waals surface area contributed by atoms with Crippen LogP contribution >= 0.6 is 33.4 Å². The quantitative estimate of drug-likeness (QED) is 0.318. The molecule has 1 aromatic carbocycles. The maximum atomic E-state index is 13.9. The van der Waals surface area contributed by atoms with Gasteiger partial charge in [0.25, 0.3) is 0 Å². The summed E-state index contributed by atoms with van der Waals surface area (Å²) in [5.74, 6) is -1.52. The van der Waals surface area contributed by atoms with Crippen molar-refractivity contribution in [3.63, 3.8) is 0 Å². The van der Waals surface area contributed by atoms with E-state index in [1.807, 2.05) is 0 Å². The number of hydrogen-bond donors (Lipinski definition) is 3. The summed E-state index contributed by atoms with van der Waals surface area (Å²) in [5.41, 5.74) is -0.369. The van der Waals surface area contributed by atoms with E-state index in [4.69, 9.17) is 23.2 Å². The predicted molar refractivity (Wildman–Crippen MR) is 140 cm³/mol. The highest BCUT2D eigenvalue weighted by molar-refractivity contribution is 8.45. The normalized spacial score (nSPS) is 23.0. The number of carbonyl (C=O) groups excluding carboxylic acids is 2. The Kier molecular flexibility index (Phi) is 7.89. The molecule has 1 saturated heterocycles. The molecule has 1 aliphatic heterocycles. The number of nitrogens with one attached hydrogen (secondary N) is 2. The molecule has 2 amide bonds. The zero-order valence-corrected chi connectivity index (χ0v) is 22.8. The van der Waals surface area contributed by atoms with Crippen molar-refractivity contribution in [1.29, 1.82) is 0 Å². The van der Waals surface area contributed by atoms with Crippen LogP contribution in [0.2, 0.25) is 10.0 Å². The molecule has 216 valence electrons. The van der Waals surface area contributed by atoms with Gasteiger partial charge in [0, 0.05) is 30.5 Å². The third kappa shape index (κ3) is 6.94. The number of hydrogen-bond acceptors (Lipinski definition) is 5. The highest BCUT2D eigenvalue weighted by atomic mass is 35.5. The molecule has 2 aromatic rings. The summed E-state index contributed by atoms with van der Waals surface area (Å²) in [7, 11) is -10.2. The van der Waals surface area contributed by atoms with Crippen molar-refractivity contribution in [2.24, 2.45) is 0 Å². The number of carbonyl (C=O) groups is 2. The minimum atomic E-state index is -10.2. The van der Waals surface area contributed by atoms with E-state index in [0.29, 0.717) is 12.8 Å². The van der Waals surface area contributed by atoms with Gasteiger partial charge in [-0.25, -0.2) is 0 Å². The van der Waals surface area contributed by atoms with Crippen molar-refractivity contribution in [2.45, 2.75) is 67.6 Å². The van der Waals surface area contributed by atoms with Crippen LogP contribution in [0.3, 0.4) is 0 Å². The molecule has 3 atom stereocenters. The molecular formula is C24H27Cl2F5N4O3S. The third-order valence-corrected chi connectivity index (χ3v) is 8.48. The second kappa shape index (κ2) is 10.3. The molecule has 4 rings (SSSR count). The first kappa shape index (κ1) is 29.8. The molecular weight excluding hydrogens is 590 g/mol. The maximum Gasteiger partial charge on any atom is 0.310 e. The molecule has 0 spiro atoms. The lowest BCUT2D eigenvalue weighted by Gasteiger charge is -2.41. The predicted octanol–water partition coefficient (Wildman–Crippen LogP) is 6.29. The number of aliphatic hydroxyl groups excluding tert-OH is 1. The first-order chi connectivity index (χ1) is 18.0. The molecule has 2 heterocycles. The molecule has 7 nitrogen and oxygen atoms in total. The summed E-state index contributed by atoms with van der Waals surface area (Å²) in [5, 5.41) is 13.9. The molecule has 39 heavy (non-hydrogen) atoms. The van der Waals surface area contributed by atoms with Crippen LogP contribution in [0.4, 0.5) is 25.1 Å². The summed E-state index contributed by atoms with van der Waals surface area (Å²) in [6.45, 7) is 0.0424. The largest absolute Gasteiger partial charge is 0.392 e. The standard InChI is InChI=1S/C24H27Cl2F5N4O3S/c25-18-10-17(39(27,28,29,30)31)11-19(26)22(18)35(24(38)20-9-16(36)13-33-20)21(14-5-4-8-32-12-14)23(37)34-15-6-2-1-3-7-15/h4-5,8,10-12,15-16,20-21,33,36H,1-3,6-7,9,13H2,(H,34,37). The summed E-state index contributed by atoms with van der Waals surface area (Å²) >= 11 is 12.3. The first-order valence-electron chi connectivity index (χ1n) is 12.2. The molecule has 3 unspecified atom stereocenters. The monoisotopic (exact) mass is 616 g/mol. The van der Waals surface area contributed by atoms with Gasteiger partial charge in [0.2, 0.25) is 11.8 Å². The summed E-state index contributed by atoms with van der Waals surface area (Å²) in [6.07, 6.45) is 5.88. The van der Waals surface area contributed by atoms with Gasteiger partial charge < -0.3 is 15.7 Å². The Morgan fingerprint density at radius 1 is 1.10 bits per heavy atom. The van der Waals surface area contributed by atoms with E-state index in [-0.39, 0.29) is 36.7 Å². The fourth-order valence-corrected chi connectivity index (χ4v) is 6.40. The van der Waals surface area contributed by atoms with Gasteiger partial charge in [-0.3, -0.25) is 19.5 Å². The molecule has 1 saturated carbocycles. The van der Waals surface area contributed by atoms with Crippen LogP contribution in [-0.2, 0) is 9.59 Å². The van der Waals surface area contributed by atoms with Crippen molar-refractivity contribution in [1.82, 2.24) is 15.6 Å². The Bertz CT molecular complexity index is 1230. The Balaban J connectivity index is 1.87. The Morgan fingerprint density at radius 2 is 1.74 bits per heavy atom. The second-order valence-electron chi connectivity index (χ2n) is 9.80. The molecule has 1 aromatic heterocycles. The molecule has 3 N–H and O–H groups in total. The minimum Gasteiger partial charge on any atom is -0.392 e. The van der Waals surface area contributed by atoms with Crippen LogP contribution in [0, 0.1) is 0 Å². The average molecular weight is 617 g/mol. The number of nitrogens with zero attached hydrogens (tertiary/aromatic N) is 2. The fourth-order valence-electron chi connectivity index (χ4n) is 4.92. The van der Waals surface area contributed by atoms with Crippen LogP contribution in [0.5, 0.6) is 0 Å².